The Morgan fingerprint density at radius 1 is 1.22 bits per heavy atom. The van der Waals surface area contributed by atoms with Gasteiger partial charge in [-0.2, -0.15) is 0 Å². The largest absolute Gasteiger partial charge is 0.326 e. The fourth-order valence-electron chi connectivity index (χ4n) is 2.45. The van der Waals surface area contributed by atoms with Crippen LogP contribution in [-0.4, -0.2) is 22.1 Å². The summed E-state index contributed by atoms with van der Waals surface area (Å²) in [5, 5.41) is 3.54. The molecular formula is C15H23N3. The van der Waals surface area contributed by atoms with E-state index in [0.29, 0.717) is 6.04 Å². The number of aryl methyl sites for hydroxylation is 1. The number of hydrogen-bond acceptors (Lipinski definition) is 2. The zero-order valence-corrected chi connectivity index (χ0v) is 11.6. The van der Waals surface area contributed by atoms with Crippen molar-refractivity contribution in [2.24, 2.45) is 0 Å². The van der Waals surface area contributed by atoms with Crippen LogP contribution < -0.4 is 5.32 Å². The van der Waals surface area contributed by atoms with Crippen LogP contribution in [0.3, 0.4) is 0 Å². The Balaban J connectivity index is 2.35. The molecule has 1 unspecified atom stereocenters. The number of nitrogens with zero attached hydrogens (tertiary/aromatic N) is 2. The lowest BCUT2D eigenvalue weighted by atomic mass is 10.2. The first-order valence-corrected chi connectivity index (χ1v) is 6.97. The lowest BCUT2D eigenvalue weighted by Gasteiger charge is -2.18. The lowest BCUT2D eigenvalue weighted by molar-refractivity contribution is 0.445. The third-order valence-electron chi connectivity index (χ3n) is 3.44. The maximum absolute atomic E-state index is 4.71. The molecule has 0 radical (unpaired) electrons. The normalized spacial score (nSPS) is 13.1. The highest BCUT2D eigenvalue weighted by Crippen LogP contribution is 2.17. The Morgan fingerprint density at radius 3 is 2.67 bits per heavy atom. The summed E-state index contributed by atoms with van der Waals surface area (Å²) in [7, 11) is 0. The van der Waals surface area contributed by atoms with E-state index in [9.17, 15) is 0 Å². The first kappa shape index (κ1) is 13.1. The molecule has 1 heterocycles. The fraction of sp³-hybridized carbons (Fsp3) is 0.533. The number of para-hydroxylation sites is 2. The van der Waals surface area contributed by atoms with E-state index in [4.69, 9.17) is 4.98 Å². The number of imidazole rings is 1. The summed E-state index contributed by atoms with van der Waals surface area (Å²) >= 11 is 0. The smallest absolute Gasteiger partial charge is 0.109 e. The first-order chi connectivity index (χ1) is 8.80. The molecule has 2 rings (SSSR count). The summed E-state index contributed by atoms with van der Waals surface area (Å²) in [5.41, 5.74) is 2.37. The van der Waals surface area contributed by atoms with Crippen LogP contribution in [-0.2, 0) is 13.0 Å². The van der Waals surface area contributed by atoms with Crippen molar-refractivity contribution < 1.29 is 0 Å². The van der Waals surface area contributed by atoms with Crippen molar-refractivity contribution in [2.45, 2.75) is 46.2 Å². The van der Waals surface area contributed by atoms with E-state index in [2.05, 4.69) is 54.9 Å². The number of fused-ring (bicyclic) bond motifs is 1. The Hall–Kier alpha value is -1.35. The van der Waals surface area contributed by atoms with Crippen LogP contribution in [0, 0.1) is 0 Å². The molecule has 3 heteroatoms. The van der Waals surface area contributed by atoms with Gasteiger partial charge in [-0.05, 0) is 25.1 Å². The van der Waals surface area contributed by atoms with Gasteiger partial charge in [0.05, 0.1) is 11.0 Å². The van der Waals surface area contributed by atoms with Gasteiger partial charge in [0.2, 0.25) is 0 Å². The molecule has 1 aromatic heterocycles. The molecule has 2 aromatic rings. The average molecular weight is 245 g/mol. The van der Waals surface area contributed by atoms with E-state index in [0.717, 1.165) is 31.4 Å². The van der Waals surface area contributed by atoms with Crippen molar-refractivity contribution in [2.75, 3.05) is 6.54 Å². The zero-order valence-electron chi connectivity index (χ0n) is 11.6. The van der Waals surface area contributed by atoms with Gasteiger partial charge >= 0.3 is 0 Å². The van der Waals surface area contributed by atoms with Gasteiger partial charge in [-0.1, -0.05) is 32.9 Å². The molecule has 1 atom stereocenters. The highest BCUT2D eigenvalue weighted by molar-refractivity contribution is 5.75. The second kappa shape index (κ2) is 6.01. The van der Waals surface area contributed by atoms with Crippen LogP contribution in [0.5, 0.6) is 0 Å². The number of hydrogen-bond donors (Lipinski definition) is 1. The Labute approximate surface area is 109 Å². The number of rotatable bonds is 6. The van der Waals surface area contributed by atoms with Crippen LogP contribution in [0.25, 0.3) is 11.0 Å². The molecule has 0 amide bonds. The van der Waals surface area contributed by atoms with E-state index in [-0.39, 0.29) is 0 Å². The fourth-order valence-corrected chi connectivity index (χ4v) is 2.45. The number of nitrogens with one attached hydrogen (secondary N) is 1. The molecule has 0 aliphatic carbocycles. The monoisotopic (exact) mass is 245 g/mol. The van der Waals surface area contributed by atoms with Gasteiger partial charge in [-0.3, -0.25) is 0 Å². The topological polar surface area (TPSA) is 29.9 Å². The first-order valence-electron chi connectivity index (χ1n) is 6.97. The third kappa shape index (κ3) is 2.56. The van der Waals surface area contributed by atoms with E-state index < -0.39 is 0 Å². The maximum Gasteiger partial charge on any atom is 0.109 e. The van der Waals surface area contributed by atoms with E-state index in [1.165, 1.54) is 11.3 Å². The van der Waals surface area contributed by atoms with Crippen molar-refractivity contribution in [1.29, 1.82) is 0 Å². The molecule has 1 aromatic carbocycles. The van der Waals surface area contributed by atoms with Crippen LogP contribution >= 0.6 is 0 Å². The van der Waals surface area contributed by atoms with Crippen molar-refractivity contribution in [1.82, 2.24) is 14.9 Å². The minimum Gasteiger partial charge on any atom is -0.326 e. The van der Waals surface area contributed by atoms with Crippen molar-refractivity contribution in [3.05, 3.63) is 30.1 Å². The Kier molecular flexibility index (Phi) is 4.37. The minimum absolute atomic E-state index is 0.526. The Bertz CT molecular complexity index is 501. The predicted octanol–water partition coefficient (Wildman–Crippen LogP) is 2.99. The Morgan fingerprint density at radius 2 is 2.00 bits per heavy atom. The number of likely N-dealkylation sites (N-methyl/N-ethyl adjacent to an activating group) is 1. The molecule has 0 saturated carbocycles. The summed E-state index contributed by atoms with van der Waals surface area (Å²) < 4.78 is 2.37. The maximum atomic E-state index is 4.71. The van der Waals surface area contributed by atoms with Gasteiger partial charge in [0.1, 0.15) is 5.82 Å². The SMILES string of the molecule is CCNC(CC)Cn1c(CC)nc2ccccc21. The summed E-state index contributed by atoms with van der Waals surface area (Å²) in [5.74, 6) is 1.19. The molecular weight excluding hydrogens is 222 g/mol. The molecule has 0 aliphatic rings. The highest BCUT2D eigenvalue weighted by atomic mass is 15.1. The van der Waals surface area contributed by atoms with Crippen molar-refractivity contribution in [3.8, 4) is 0 Å². The standard InChI is InChI=1S/C15H23N3/c1-4-12(16-6-3)11-18-14-10-8-7-9-13(14)17-15(18)5-2/h7-10,12,16H,4-6,11H2,1-3H3. The predicted molar refractivity (Wildman–Crippen MR) is 76.9 cm³/mol. The molecule has 0 saturated heterocycles. The highest BCUT2D eigenvalue weighted by Gasteiger charge is 2.12. The summed E-state index contributed by atoms with van der Waals surface area (Å²) in [6.45, 7) is 8.60. The molecule has 0 fully saturated rings. The summed E-state index contributed by atoms with van der Waals surface area (Å²) in [4.78, 5) is 4.71. The third-order valence-corrected chi connectivity index (χ3v) is 3.44. The number of aromatic nitrogens is 2. The van der Waals surface area contributed by atoms with Crippen molar-refractivity contribution >= 4 is 11.0 Å². The summed E-state index contributed by atoms with van der Waals surface area (Å²) in [6.07, 6.45) is 2.13. The van der Waals surface area contributed by atoms with Crippen LogP contribution in [0.15, 0.2) is 24.3 Å². The van der Waals surface area contributed by atoms with Gasteiger partial charge in [0.25, 0.3) is 0 Å². The quantitative estimate of drug-likeness (QED) is 0.848. The average Bonchev–Trinajstić information content (AvgIpc) is 2.76. The zero-order chi connectivity index (χ0) is 13.0. The van der Waals surface area contributed by atoms with Crippen molar-refractivity contribution in [3.63, 3.8) is 0 Å². The summed E-state index contributed by atoms with van der Waals surface area (Å²) in [6, 6.07) is 8.94. The lowest BCUT2D eigenvalue weighted by Crippen LogP contribution is -2.32. The molecule has 0 bridgehead atoms. The van der Waals surface area contributed by atoms with Crippen LogP contribution in [0.2, 0.25) is 0 Å². The van der Waals surface area contributed by atoms with E-state index in [1.54, 1.807) is 0 Å². The van der Waals surface area contributed by atoms with E-state index in [1.807, 2.05) is 0 Å². The number of benzene rings is 1. The van der Waals surface area contributed by atoms with Gasteiger partial charge in [0.15, 0.2) is 0 Å². The second-order valence-corrected chi connectivity index (χ2v) is 4.64. The molecule has 98 valence electrons. The molecule has 18 heavy (non-hydrogen) atoms. The van der Waals surface area contributed by atoms with Gasteiger partial charge in [0, 0.05) is 19.0 Å². The molecule has 1 N–H and O–H groups in total. The molecule has 3 nitrogen and oxygen atoms in total. The van der Waals surface area contributed by atoms with Gasteiger partial charge in [-0.25, -0.2) is 4.98 Å². The van der Waals surface area contributed by atoms with Gasteiger partial charge < -0.3 is 9.88 Å². The molecule has 0 spiro atoms. The van der Waals surface area contributed by atoms with Crippen LogP contribution in [0.4, 0.5) is 0 Å². The minimum atomic E-state index is 0.526. The second-order valence-electron chi connectivity index (χ2n) is 4.64. The van der Waals surface area contributed by atoms with E-state index >= 15 is 0 Å². The van der Waals surface area contributed by atoms with Crippen LogP contribution in [0.1, 0.15) is 33.0 Å². The van der Waals surface area contributed by atoms with Gasteiger partial charge in [-0.15, -0.1) is 0 Å². The molecule has 0 aliphatic heterocycles.